The van der Waals surface area contributed by atoms with Crippen molar-refractivity contribution in [3.63, 3.8) is 0 Å². The quantitative estimate of drug-likeness (QED) is 0.199. The number of anilines is 1. The van der Waals surface area contributed by atoms with Crippen molar-refractivity contribution in [2.75, 3.05) is 11.9 Å². The van der Waals surface area contributed by atoms with Crippen LogP contribution in [0.3, 0.4) is 0 Å². The normalized spacial score (nSPS) is 12.1. The molecule has 0 amide bonds. The van der Waals surface area contributed by atoms with Crippen molar-refractivity contribution in [3.05, 3.63) is 108 Å². The lowest BCUT2D eigenvalue weighted by molar-refractivity contribution is 0.778. The average molecular weight is 449 g/mol. The van der Waals surface area contributed by atoms with E-state index in [9.17, 15) is 0 Å². The van der Waals surface area contributed by atoms with E-state index in [1.807, 2.05) is 40.0 Å². The molecule has 4 heteroatoms. The van der Waals surface area contributed by atoms with E-state index in [-0.39, 0.29) is 6.04 Å². The highest BCUT2D eigenvalue weighted by atomic mass is 15.1. The van der Waals surface area contributed by atoms with Crippen LogP contribution in [0.15, 0.2) is 106 Å². The minimum absolute atomic E-state index is 0.195. The first-order chi connectivity index (χ1) is 16.5. The molecule has 0 aliphatic heterocycles. The topological polar surface area (TPSA) is 40.3 Å². The van der Waals surface area contributed by atoms with Gasteiger partial charge >= 0.3 is 0 Å². The minimum Gasteiger partial charge on any atom is -0.362 e. The first kappa shape index (κ1) is 23.4. The van der Waals surface area contributed by atoms with Crippen LogP contribution in [-0.2, 0) is 13.1 Å². The smallest absolute Gasteiger partial charge is 0.0852 e. The van der Waals surface area contributed by atoms with Crippen molar-refractivity contribution >= 4 is 27.9 Å². The second kappa shape index (κ2) is 10.9. The molecule has 0 N–H and O–H groups in total. The van der Waals surface area contributed by atoms with E-state index in [0.29, 0.717) is 0 Å². The van der Waals surface area contributed by atoms with Gasteiger partial charge in [0.2, 0.25) is 0 Å². The van der Waals surface area contributed by atoms with Gasteiger partial charge in [-0.05, 0) is 61.0 Å². The molecule has 0 atom stereocenters. The fourth-order valence-electron chi connectivity index (χ4n) is 3.98. The Morgan fingerprint density at radius 2 is 1.38 bits per heavy atom. The standard InChI is InChI=1S/C30H32N4/c1-22(2)32-33-28-18-14-25(15-19-28)21-34(20-24-12-16-26(17-13-24)23(3)31-4)30-11-7-9-27-8-5-6-10-29(27)30/h5-19,22H,20-21H2,1-4H3. The van der Waals surface area contributed by atoms with Crippen LogP contribution in [-0.4, -0.2) is 18.8 Å². The fraction of sp³-hybridized carbons (Fsp3) is 0.233. The molecule has 0 aliphatic carbocycles. The first-order valence-electron chi connectivity index (χ1n) is 11.8. The Hall–Kier alpha value is -3.79. The summed E-state index contributed by atoms with van der Waals surface area (Å²) in [5, 5.41) is 11.1. The molecule has 0 fully saturated rings. The fourth-order valence-corrected chi connectivity index (χ4v) is 3.98. The first-order valence-corrected chi connectivity index (χ1v) is 11.8. The molecular formula is C30H32N4. The molecule has 0 radical (unpaired) electrons. The summed E-state index contributed by atoms with van der Waals surface area (Å²) in [7, 11) is 1.83. The second-order valence-electron chi connectivity index (χ2n) is 8.84. The zero-order valence-corrected chi connectivity index (χ0v) is 20.4. The Bertz CT molecular complexity index is 1280. The van der Waals surface area contributed by atoms with E-state index in [0.717, 1.165) is 30.1 Å². The number of aliphatic imine (C=N–C) groups is 1. The van der Waals surface area contributed by atoms with Crippen molar-refractivity contribution in [1.29, 1.82) is 0 Å². The van der Waals surface area contributed by atoms with Gasteiger partial charge in [0.1, 0.15) is 0 Å². The van der Waals surface area contributed by atoms with Crippen LogP contribution >= 0.6 is 0 Å². The van der Waals surface area contributed by atoms with Crippen molar-refractivity contribution in [2.24, 2.45) is 15.2 Å². The average Bonchev–Trinajstić information content (AvgIpc) is 2.87. The van der Waals surface area contributed by atoms with E-state index >= 15 is 0 Å². The highest BCUT2D eigenvalue weighted by Gasteiger charge is 2.12. The monoisotopic (exact) mass is 448 g/mol. The molecule has 34 heavy (non-hydrogen) atoms. The van der Waals surface area contributed by atoms with Gasteiger partial charge in [-0.15, -0.1) is 0 Å². The van der Waals surface area contributed by atoms with Gasteiger partial charge in [-0.25, -0.2) is 0 Å². The number of nitrogens with zero attached hydrogens (tertiary/aromatic N) is 4. The number of fused-ring (bicyclic) bond motifs is 1. The summed E-state index contributed by atoms with van der Waals surface area (Å²) in [6.07, 6.45) is 0. The molecule has 4 aromatic rings. The second-order valence-corrected chi connectivity index (χ2v) is 8.84. The molecule has 0 aliphatic rings. The van der Waals surface area contributed by atoms with E-state index in [1.165, 1.54) is 27.6 Å². The van der Waals surface area contributed by atoms with Gasteiger partial charge < -0.3 is 4.90 Å². The van der Waals surface area contributed by atoms with Gasteiger partial charge in [0.05, 0.1) is 11.7 Å². The number of hydrogen-bond donors (Lipinski definition) is 0. The predicted molar refractivity (Wildman–Crippen MR) is 145 cm³/mol. The van der Waals surface area contributed by atoms with Crippen LogP contribution in [0.5, 0.6) is 0 Å². The van der Waals surface area contributed by atoms with E-state index < -0.39 is 0 Å². The van der Waals surface area contributed by atoms with Crippen LogP contribution in [0, 0.1) is 0 Å². The Morgan fingerprint density at radius 3 is 2.03 bits per heavy atom. The van der Waals surface area contributed by atoms with E-state index in [4.69, 9.17) is 0 Å². The highest BCUT2D eigenvalue weighted by Crippen LogP contribution is 2.30. The van der Waals surface area contributed by atoms with Gasteiger partial charge in [-0.3, -0.25) is 4.99 Å². The summed E-state index contributed by atoms with van der Waals surface area (Å²) >= 11 is 0. The molecule has 4 nitrogen and oxygen atoms in total. The molecule has 0 bridgehead atoms. The molecule has 0 saturated heterocycles. The van der Waals surface area contributed by atoms with E-state index in [2.05, 4.69) is 99.0 Å². The largest absolute Gasteiger partial charge is 0.362 e. The maximum Gasteiger partial charge on any atom is 0.0852 e. The Morgan fingerprint density at radius 1 is 0.765 bits per heavy atom. The van der Waals surface area contributed by atoms with Gasteiger partial charge in [0, 0.05) is 36.9 Å². The van der Waals surface area contributed by atoms with Crippen LogP contribution in [0.2, 0.25) is 0 Å². The van der Waals surface area contributed by atoms with Crippen molar-refractivity contribution in [3.8, 4) is 0 Å². The molecule has 4 rings (SSSR count). The van der Waals surface area contributed by atoms with Crippen LogP contribution < -0.4 is 4.90 Å². The SMILES string of the molecule is CN=C(C)c1ccc(CN(Cc2ccc(N=NC(C)C)cc2)c2cccc3ccccc23)cc1. The van der Waals surface area contributed by atoms with Gasteiger partial charge in [-0.2, -0.15) is 10.2 Å². The summed E-state index contributed by atoms with van der Waals surface area (Å²) in [6, 6.07) is 32.4. The third kappa shape index (κ3) is 5.76. The van der Waals surface area contributed by atoms with Gasteiger partial charge in [0.25, 0.3) is 0 Å². The summed E-state index contributed by atoms with van der Waals surface area (Å²) in [5.41, 5.74) is 6.83. The maximum absolute atomic E-state index is 4.32. The van der Waals surface area contributed by atoms with Crippen LogP contribution in [0.1, 0.15) is 37.5 Å². The summed E-state index contributed by atoms with van der Waals surface area (Å²) in [6.45, 7) is 7.71. The van der Waals surface area contributed by atoms with Crippen molar-refractivity contribution < 1.29 is 0 Å². The predicted octanol–water partition coefficient (Wildman–Crippen LogP) is 7.98. The van der Waals surface area contributed by atoms with E-state index in [1.54, 1.807) is 0 Å². The third-order valence-electron chi connectivity index (χ3n) is 5.90. The summed E-state index contributed by atoms with van der Waals surface area (Å²) < 4.78 is 0. The number of azo groups is 1. The lowest BCUT2D eigenvalue weighted by atomic mass is 10.0. The third-order valence-corrected chi connectivity index (χ3v) is 5.90. The summed E-state index contributed by atoms with van der Waals surface area (Å²) in [4.78, 5) is 6.76. The summed E-state index contributed by atoms with van der Waals surface area (Å²) in [5.74, 6) is 0. The zero-order valence-electron chi connectivity index (χ0n) is 20.4. The Kier molecular flexibility index (Phi) is 7.48. The molecule has 0 aromatic heterocycles. The number of benzene rings is 4. The van der Waals surface area contributed by atoms with Gasteiger partial charge in [0.15, 0.2) is 0 Å². The minimum atomic E-state index is 0.195. The lowest BCUT2D eigenvalue weighted by Gasteiger charge is -2.27. The maximum atomic E-state index is 4.32. The zero-order chi connectivity index (χ0) is 23.9. The lowest BCUT2D eigenvalue weighted by Crippen LogP contribution is -2.22. The molecule has 0 spiro atoms. The molecule has 172 valence electrons. The Labute approximate surface area is 202 Å². The van der Waals surface area contributed by atoms with Crippen molar-refractivity contribution in [1.82, 2.24) is 0 Å². The Balaban J connectivity index is 1.65. The highest BCUT2D eigenvalue weighted by molar-refractivity contribution is 5.98. The molecular weight excluding hydrogens is 416 g/mol. The molecule has 0 saturated carbocycles. The molecule has 4 aromatic carbocycles. The van der Waals surface area contributed by atoms with Gasteiger partial charge in [-0.1, -0.05) is 72.8 Å². The van der Waals surface area contributed by atoms with Crippen LogP contribution in [0.25, 0.3) is 10.8 Å². The molecule has 0 unspecified atom stereocenters. The number of rotatable bonds is 8. The molecule has 0 heterocycles. The van der Waals surface area contributed by atoms with Crippen LogP contribution in [0.4, 0.5) is 11.4 Å². The van der Waals surface area contributed by atoms with Crippen molar-refractivity contribution in [2.45, 2.75) is 39.9 Å². The number of hydrogen-bond acceptors (Lipinski definition) is 4.